The summed E-state index contributed by atoms with van der Waals surface area (Å²) in [4.78, 5) is 50.3. The van der Waals surface area contributed by atoms with E-state index in [1.807, 2.05) is 0 Å². The SMILES string of the molecule is [2H]c1c([2H])c(C(=O)N2C([2H])([2H])C([2H])([2H])N(C(=O)C(=O)c3c[nH]c4c(-n5nc(C([2H])([2H])[2H])nc5[2H])ncc(OC([2H])([2H])[2H])c34)C([2H])([2H])C2([2H])[2H])c([2H])c([2H])c1C. The highest BCUT2D eigenvalue weighted by atomic mass is 16.5. The molecule has 1 aliphatic heterocycles. The van der Waals surface area contributed by atoms with Gasteiger partial charge in [-0.2, -0.15) is 5.10 Å². The number of ether oxygens (including phenoxy) is 1. The lowest BCUT2D eigenvalue weighted by molar-refractivity contribution is -0.127. The first-order chi connectivity index (χ1) is 24.8. The van der Waals surface area contributed by atoms with Gasteiger partial charge in [0.15, 0.2) is 5.82 Å². The largest absolute Gasteiger partial charge is 0.494 e. The molecule has 2 amide bonds. The molecule has 0 atom stereocenters. The van der Waals surface area contributed by atoms with Gasteiger partial charge in [0.25, 0.3) is 17.6 Å². The maximum Gasteiger partial charge on any atom is 0.295 e. The van der Waals surface area contributed by atoms with Crippen LogP contribution >= 0.6 is 0 Å². The van der Waals surface area contributed by atoms with Crippen LogP contribution < -0.4 is 4.74 Å². The number of pyridine rings is 1. The van der Waals surface area contributed by atoms with Crippen molar-refractivity contribution in [2.45, 2.75) is 13.8 Å². The van der Waals surface area contributed by atoms with Gasteiger partial charge in [0.2, 0.25) is 0 Å². The smallest absolute Gasteiger partial charge is 0.295 e. The number of nitrogens with zero attached hydrogens (tertiary/aromatic N) is 6. The van der Waals surface area contributed by atoms with Crippen LogP contribution in [0.1, 0.15) is 58.1 Å². The van der Waals surface area contributed by atoms with E-state index in [0.717, 1.165) is 6.92 Å². The Morgan fingerprint density at radius 1 is 1.11 bits per heavy atom. The van der Waals surface area contributed by atoms with Crippen molar-refractivity contribution in [1.29, 1.82) is 0 Å². The lowest BCUT2D eigenvalue weighted by atomic mass is 10.1. The Morgan fingerprint density at radius 3 is 2.56 bits per heavy atom. The van der Waals surface area contributed by atoms with Crippen LogP contribution in [-0.4, -0.2) is 85.2 Å². The summed E-state index contributed by atoms with van der Waals surface area (Å²) in [6, 6.07) is -3.77. The fourth-order valence-corrected chi connectivity index (χ4v) is 3.12. The van der Waals surface area contributed by atoms with Crippen molar-refractivity contribution in [3.63, 3.8) is 0 Å². The Balaban J connectivity index is 1.68. The van der Waals surface area contributed by atoms with Gasteiger partial charge >= 0.3 is 0 Å². The number of carbonyl (C=O) groups excluding carboxylic acids is 3. The second-order valence-corrected chi connectivity index (χ2v) is 7.01. The number of piperazine rings is 1. The molecule has 1 aliphatic rings. The second-order valence-electron chi connectivity index (χ2n) is 7.01. The van der Waals surface area contributed by atoms with Crippen molar-refractivity contribution in [2.75, 3.05) is 33.0 Å². The summed E-state index contributed by atoms with van der Waals surface area (Å²) in [6.45, 7) is -18.4. The zero-order valence-electron chi connectivity index (χ0n) is 37.0. The zero-order chi connectivity index (χ0) is 41.9. The van der Waals surface area contributed by atoms with Gasteiger partial charge in [-0.1, -0.05) is 17.6 Å². The van der Waals surface area contributed by atoms with Crippen molar-refractivity contribution >= 4 is 28.5 Å². The highest BCUT2D eigenvalue weighted by Crippen LogP contribution is 2.31. The number of H-pyrrole nitrogens is 1. The molecule has 184 valence electrons. The molecule has 1 aromatic carbocycles. The summed E-state index contributed by atoms with van der Waals surface area (Å²) in [5, 5.41) is 3.05. The number of aromatic amines is 1. The first-order valence-electron chi connectivity index (χ1n) is 19.3. The third kappa shape index (κ3) is 4.08. The number of fused-ring (bicyclic) bond motifs is 1. The fourth-order valence-electron chi connectivity index (χ4n) is 3.12. The number of nitrogens with one attached hydrogen (secondary N) is 1. The Bertz CT molecular complexity index is 2240. The monoisotopic (exact) mass is 506 g/mol. The maximum absolute atomic E-state index is 14.0. The van der Waals surface area contributed by atoms with E-state index in [4.69, 9.17) is 30.8 Å². The van der Waals surface area contributed by atoms with E-state index in [1.165, 1.54) is 0 Å². The van der Waals surface area contributed by atoms with Gasteiger partial charge in [-0.25, -0.2) is 14.6 Å². The molecule has 0 unspecified atom stereocenters. The zero-order valence-corrected chi connectivity index (χ0v) is 18.0. The highest BCUT2D eigenvalue weighted by Gasteiger charge is 2.31. The lowest BCUT2D eigenvalue weighted by Gasteiger charge is -2.34. The van der Waals surface area contributed by atoms with Crippen molar-refractivity contribution in [3.05, 3.63) is 65.4 Å². The molecule has 0 bridgehead atoms. The Morgan fingerprint density at radius 2 is 1.86 bits per heavy atom. The van der Waals surface area contributed by atoms with Crippen molar-refractivity contribution in [2.24, 2.45) is 0 Å². The number of Topliss-reactive ketones (excluding diaryl/α,β-unsaturated/α-hetero) is 1. The van der Waals surface area contributed by atoms with Gasteiger partial charge in [0.05, 0.1) is 50.3 Å². The average Bonchev–Trinajstić information content (AvgIpc) is 3.66. The predicted molar refractivity (Wildman–Crippen MR) is 130 cm³/mol. The standard InChI is InChI=1S/C25H25N7O4/c1-15-4-6-17(7-5-15)24(34)30-8-10-31(11-9-30)25(35)22(33)18-12-26-21-20(18)19(36-3)13-27-23(21)32-14-28-16(2)29-32/h4-7,12-14,26H,8-11H2,1-3H3/i2D3,3D3,4D,5D,6D,7D,8D2,9D2,10D2,11D2,14D. The minimum atomic E-state index is -4.18. The molecule has 36 heavy (non-hydrogen) atoms. The fraction of sp³-hybridized carbons (Fsp3) is 0.280. The molecule has 1 N–H and O–H groups in total. The van der Waals surface area contributed by atoms with Crippen LogP contribution in [0, 0.1) is 13.8 Å². The molecule has 1 fully saturated rings. The van der Waals surface area contributed by atoms with Gasteiger partial charge in [-0.3, -0.25) is 14.4 Å². The summed E-state index contributed by atoms with van der Waals surface area (Å²) in [7, 11) is -3.26. The van der Waals surface area contributed by atoms with Crippen LogP contribution in [0.15, 0.2) is 42.9 Å². The molecule has 0 spiro atoms. The van der Waals surface area contributed by atoms with E-state index < -0.39 is 137 Å². The van der Waals surface area contributed by atoms with Gasteiger partial charge in [-0.15, -0.1) is 0 Å². The van der Waals surface area contributed by atoms with Crippen molar-refractivity contribution in [3.8, 4) is 11.6 Å². The van der Waals surface area contributed by atoms with E-state index in [0.29, 0.717) is 17.1 Å². The third-order valence-electron chi connectivity index (χ3n) is 4.77. The molecule has 0 radical (unpaired) electrons. The molecule has 11 heteroatoms. The van der Waals surface area contributed by atoms with Crippen LogP contribution in [0.3, 0.4) is 0 Å². The summed E-state index contributed by atoms with van der Waals surface area (Å²) < 4.78 is 160. The first-order valence-corrected chi connectivity index (χ1v) is 9.78. The van der Waals surface area contributed by atoms with Crippen molar-refractivity contribution < 1.29 is 45.2 Å². The van der Waals surface area contributed by atoms with Gasteiger partial charge in [0, 0.05) is 41.9 Å². The number of benzene rings is 1. The summed E-state index contributed by atoms with van der Waals surface area (Å²) >= 11 is 0. The van der Waals surface area contributed by atoms with Crippen LogP contribution in [0.25, 0.3) is 16.7 Å². The molecule has 0 aliphatic carbocycles. The summed E-state index contributed by atoms with van der Waals surface area (Å²) in [5.41, 5.74) is -2.90. The Labute approximate surface area is 233 Å². The number of rotatable bonds is 5. The number of carbonyl (C=O) groups is 3. The predicted octanol–water partition coefficient (Wildman–Crippen LogP) is 1.94. The third-order valence-corrected chi connectivity index (χ3v) is 4.77. The Kier molecular flexibility index (Phi) is 2.53. The minimum Gasteiger partial charge on any atom is -0.494 e. The molecule has 3 aromatic heterocycles. The number of amides is 2. The molecular formula is C25H25N7O4. The van der Waals surface area contributed by atoms with E-state index in [9.17, 15) is 14.4 Å². The van der Waals surface area contributed by atoms with E-state index >= 15 is 0 Å². The average molecular weight is 507 g/mol. The molecule has 4 aromatic rings. The van der Waals surface area contributed by atoms with Crippen LogP contribution in [0.2, 0.25) is 0 Å². The quantitative estimate of drug-likeness (QED) is 0.324. The topological polar surface area (TPSA) is 126 Å². The minimum absolute atomic E-state index is 0.258. The van der Waals surface area contributed by atoms with Crippen molar-refractivity contribution in [1.82, 2.24) is 34.5 Å². The number of methoxy groups -OCH3 is 1. The first kappa shape index (κ1) is 9.84. The number of hydrogen-bond donors (Lipinski definition) is 1. The molecule has 5 rings (SSSR count). The van der Waals surface area contributed by atoms with Crippen LogP contribution in [0.4, 0.5) is 0 Å². The molecular weight excluding hydrogens is 462 g/mol. The maximum atomic E-state index is 14.0. The van der Waals surface area contributed by atoms with E-state index in [-0.39, 0.29) is 5.56 Å². The Hall–Kier alpha value is -4.54. The number of ketones is 1. The molecule has 0 saturated carbocycles. The molecule has 4 heterocycles. The van der Waals surface area contributed by atoms with Crippen LogP contribution in [0.5, 0.6) is 5.75 Å². The van der Waals surface area contributed by atoms with E-state index in [1.54, 1.807) is 0 Å². The normalized spacial score (nSPS) is 27.8. The summed E-state index contributed by atoms with van der Waals surface area (Å²) in [6.07, 6.45) is 0.549. The van der Waals surface area contributed by atoms with Gasteiger partial charge in [-0.05, 0) is 25.9 Å². The van der Waals surface area contributed by atoms with E-state index in [2.05, 4.69) is 20.1 Å². The highest BCUT2D eigenvalue weighted by molar-refractivity contribution is 6.45. The number of hydrogen-bond acceptors (Lipinski definition) is 7. The van der Waals surface area contributed by atoms with Gasteiger partial charge < -0.3 is 19.5 Å². The number of aromatic nitrogens is 5. The second kappa shape index (κ2) is 9.25. The van der Waals surface area contributed by atoms with Crippen LogP contribution in [-0.2, 0) is 4.79 Å². The number of aryl methyl sites for hydroxylation is 1. The molecule has 11 nitrogen and oxygen atoms in total. The summed E-state index contributed by atoms with van der Waals surface area (Å²) in [5.74, 6) is -8.37. The molecule has 1 saturated heterocycles. The lowest BCUT2D eigenvalue weighted by Crippen LogP contribution is -2.52. The van der Waals surface area contributed by atoms with Gasteiger partial charge in [0.1, 0.15) is 19.2 Å².